The SMILES string of the molecule is CC(C)C1(CNCC(O)COc2ccccc2)CC1. The van der Waals surface area contributed by atoms with E-state index in [9.17, 15) is 5.11 Å². The van der Waals surface area contributed by atoms with Crippen molar-refractivity contribution < 1.29 is 9.84 Å². The third-order valence-electron chi connectivity index (χ3n) is 4.16. The van der Waals surface area contributed by atoms with Gasteiger partial charge in [0.1, 0.15) is 18.5 Å². The van der Waals surface area contributed by atoms with Crippen LogP contribution in [-0.4, -0.2) is 30.9 Å². The maximum Gasteiger partial charge on any atom is 0.119 e. The molecular weight excluding hydrogens is 238 g/mol. The van der Waals surface area contributed by atoms with Crippen LogP contribution in [0.4, 0.5) is 0 Å². The number of nitrogens with one attached hydrogen (secondary N) is 1. The Bertz CT molecular complexity index is 374. The second-order valence-corrected chi connectivity index (χ2v) is 5.93. The summed E-state index contributed by atoms with van der Waals surface area (Å²) in [6.45, 7) is 6.51. The highest BCUT2D eigenvalue weighted by Crippen LogP contribution is 2.51. The van der Waals surface area contributed by atoms with E-state index in [1.807, 2.05) is 30.3 Å². The van der Waals surface area contributed by atoms with Crippen LogP contribution in [-0.2, 0) is 0 Å². The molecule has 1 unspecified atom stereocenters. The van der Waals surface area contributed by atoms with Crippen LogP contribution in [0.25, 0.3) is 0 Å². The van der Waals surface area contributed by atoms with E-state index in [2.05, 4.69) is 19.2 Å². The molecule has 1 fully saturated rings. The van der Waals surface area contributed by atoms with Crippen molar-refractivity contribution in [3.8, 4) is 5.75 Å². The number of ether oxygens (including phenoxy) is 1. The van der Waals surface area contributed by atoms with Gasteiger partial charge in [0.05, 0.1) is 0 Å². The zero-order valence-corrected chi connectivity index (χ0v) is 11.9. The predicted molar refractivity (Wildman–Crippen MR) is 77.3 cm³/mol. The lowest BCUT2D eigenvalue weighted by molar-refractivity contribution is 0.104. The number of rotatable bonds is 8. The van der Waals surface area contributed by atoms with Crippen molar-refractivity contribution in [3.63, 3.8) is 0 Å². The largest absolute Gasteiger partial charge is 0.491 e. The minimum absolute atomic E-state index is 0.339. The van der Waals surface area contributed by atoms with Crippen LogP contribution >= 0.6 is 0 Å². The molecule has 0 aromatic heterocycles. The molecule has 0 aliphatic heterocycles. The van der Waals surface area contributed by atoms with E-state index in [1.165, 1.54) is 12.8 Å². The fraction of sp³-hybridized carbons (Fsp3) is 0.625. The summed E-state index contributed by atoms with van der Waals surface area (Å²) in [4.78, 5) is 0. The van der Waals surface area contributed by atoms with E-state index in [4.69, 9.17) is 4.74 Å². The molecular formula is C16H25NO2. The van der Waals surface area contributed by atoms with Gasteiger partial charge in [-0.1, -0.05) is 32.0 Å². The van der Waals surface area contributed by atoms with Gasteiger partial charge in [0.15, 0.2) is 0 Å². The van der Waals surface area contributed by atoms with Gasteiger partial charge in [0.25, 0.3) is 0 Å². The summed E-state index contributed by atoms with van der Waals surface area (Å²) in [5.74, 6) is 1.53. The van der Waals surface area contributed by atoms with Crippen molar-refractivity contribution >= 4 is 0 Å². The first-order valence-corrected chi connectivity index (χ1v) is 7.19. The van der Waals surface area contributed by atoms with Crippen LogP contribution in [0.15, 0.2) is 30.3 Å². The fourth-order valence-corrected chi connectivity index (χ4v) is 2.37. The summed E-state index contributed by atoms with van der Waals surface area (Å²) in [5, 5.41) is 13.3. The molecule has 2 rings (SSSR count). The van der Waals surface area contributed by atoms with E-state index in [1.54, 1.807) is 0 Å². The highest BCUT2D eigenvalue weighted by molar-refractivity contribution is 5.20. The number of hydrogen-bond acceptors (Lipinski definition) is 3. The number of hydrogen-bond donors (Lipinski definition) is 2. The molecule has 1 atom stereocenters. The Morgan fingerprint density at radius 1 is 1.26 bits per heavy atom. The summed E-state index contributed by atoms with van der Waals surface area (Å²) in [6, 6.07) is 9.61. The van der Waals surface area contributed by atoms with Gasteiger partial charge in [-0.2, -0.15) is 0 Å². The normalized spacial score (nSPS) is 18.3. The highest BCUT2D eigenvalue weighted by Gasteiger charge is 2.44. The second kappa shape index (κ2) is 6.40. The Morgan fingerprint density at radius 3 is 2.53 bits per heavy atom. The first kappa shape index (κ1) is 14.4. The highest BCUT2D eigenvalue weighted by atomic mass is 16.5. The lowest BCUT2D eigenvalue weighted by Gasteiger charge is -2.21. The van der Waals surface area contributed by atoms with Crippen molar-refractivity contribution in [2.45, 2.75) is 32.8 Å². The van der Waals surface area contributed by atoms with Crippen LogP contribution in [0.2, 0.25) is 0 Å². The van der Waals surface area contributed by atoms with E-state index >= 15 is 0 Å². The standard InChI is InChI=1S/C16H25NO2/c1-13(2)16(8-9-16)12-17-10-14(18)11-19-15-6-4-3-5-7-15/h3-7,13-14,17-18H,8-12H2,1-2H3. The Labute approximate surface area is 116 Å². The molecule has 1 aromatic rings. The maximum atomic E-state index is 9.88. The van der Waals surface area contributed by atoms with Crippen molar-refractivity contribution in [1.82, 2.24) is 5.32 Å². The third kappa shape index (κ3) is 4.22. The molecule has 2 N–H and O–H groups in total. The van der Waals surface area contributed by atoms with Crippen molar-refractivity contribution in [3.05, 3.63) is 30.3 Å². The van der Waals surface area contributed by atoms with Crippen molar-refractivity contribution in [1.29, 1.82) is 0 Å². The lowest BCUT2D eigenvalue weighted by Crippen LogP contribution is -2.36. The molecule has 106 valence electrons. The van der Waals surface area contributed by atoms with Crippen LogP contribution in [0.5, 0.6) is 5.75 Å². The van der Waals surface area contributed by atoms with Crippen LogP contribution in [0.1, 0.15) is 26.7 Å². The molecule has 1 aliphatic rings. The molecule has 0 amide bonds. The molecule has 0 bridgehead atoms. The average molecular weight is 263 g/mol. The van der Waals surface area contributed by atoms with Gasteiger partial charge in [-0.25, -0.2) is 0 Å². The van der Waals surface area contributed by atoms with Gasteiger partial charge in [-0.05, 0) is 36.3 Å². The van der Waals surface area contributed by atoms with E-state index in [0.717, 1.165) is 18.2 Å². The van der Waals surface area contributed by atoms with Crippen LogP contribution in [0.3, 0.4) is 0 Å². The monoisotopic (exact) mass is 263 g/mol. The maximum absolute atomic E-state index is 9.88. The molecule has 1 saturated carbocycles. The number of benzene rings is 1. The number of aliphatic hydroxyl groups excluding tert-OH is 1. The average Bonchev–Trinajstić information content (AvgIpc) is 3.19. The van der Waals surface area contributed by atoms with Crippen LogP contribution in [0, 0.1) is 11.3 Å². The molecule has 1 aliphatic carbocycles. The molecule has 3 heteroatoms. The van der Waals surface area contributed by atoms with E-state index < -0.39 is 6.10 Å². The molecule has 0 saturated heterocycles. The quantitative estimate of drug-likeness (QED) is 0.757. The van der Waals surface area contributed by atoms with E-state index in [-0.39, 0.29) is 0 Å². The zero-order valence-electron chi connectivity index (χ0n) is 11.9. The minimum Gasteiger partial charge on any atom is -0.491 e. The summed E-state index contributed by atoms with van der Waals surface area (Å²) in [6.07, 6.45) is 2.17. The van der Waals surface area contributed by atoms with Gasteiger partial charge in [0.2, 0.25) is 0 Å². The summed E-state index contributed by atoms with van der Waals surface area (Å²) < 4.78 is 5.52. The Kier molecular flexibility index (Phi) is 4.83. The van der Waals surface area contributed by atoms with E-state index in [0.29, 0.717) is 18.6 Å². The summed E-state index contributed by atoms with van der Waals surface area (Å²) in [5.41, 5.74) is 0.486. The van der Waals surface area contributed by atoms with Gasteiger partial charge in [0, 0.05) is 13.1 Å². The second-order valence-electron chi connectivity index (χ2n) is 5.93. The van der Waals surface area contributed by atoms with Gasteiger partial charge in [-0.3, -0.25) is 0 Å². The summed E-state index contributed by atoms with van der Waals surface area (Å²) in [7, 11) is 0. The molecule has 1 aromatic carbocycles. The van der Waals surface area contributed by atoms with Crippen molar-refractivity contribution in [2.75, 3.05) is 19.7 Å². The van der Waals surface area contributed by atoms with Gasteiger partial charge < -0.3 is 15.2 Å². The number of para-hydroxylation sites is 1. The first-order chi connectivity index (χ1) is 9.12. The Morgan fingerprint density at radius 2 is 1.95 bits per heavy atom. The fourth-order valence-electron chi connectivity index (χ4n) is 2.37. The summed E-state index contributed by atoms with van der Waals surface area (Å²) >= 11 is 0. The zero-order chi connectivity index (χ0) is 13.7. The molecule has 0 radical (unpaired) electrons. The number of aliphatic hydroxyl groups is 1. The Hall–Kier alpha value is -1.06. The molecule has 3 nitrogen and oxygen atoms in total. The van der Waals surface area contributed by atoms with Crippen LogP contribution < -0.4 is 10.1 Å². The first-order valence-electron chi connectivity index (χ1n) is 7.19. The third-order valence-corrected chi connectivity index (χ3v) is 4.16. The topological polar surface area (TPSA) is 41.5 Å². The smallest absolute Gasteiger partial charge is 0.119 e. The van der Waals surface area contributed by atoms with Gasteiger partial charge >= 0.3 is 0 Å². The minimum atomic E-state index is -0.455. The van der Waals surface area contributed by atoms with Crippen molar-refractivity contribution in [2.24, 2.45) is 11.3 Å². The molecule has 19 heavy (non-hydrogen) atoms. The molecule has 0 spiro atoms. The van der Waals surface area contributed by atoms with Gasteiger partial charge in [-0.15, -0.1) is 0 Å². The Balaban J connectivity index is 1.61. The molecule has 0 heterocycles. The lowest BCUT2D eigenvalue weighted by atomic mass is 9.92. The predicted octanol–water partition coefficient (Wildman–Crippen LogP) is 2.45.